The van der Waals surface area contributed by atoms with Crippen LogP contribution in [0, 0.1) is 21.7 Å². The predicted molar refractivity (Wildman–Crippen MR) is 62.1 cm³/mol. The van der Waals surface area contributed by atoms with Crippen LogP contribution in [0.4, 0.5) is 14.5 Å². The quantitative estimate of drug-likeness (QED) is 0.625. The zero-order valence-electron chi connectivity index (χ0n) is 10.1. The van der Waals surface area contributed by atoms with Gasteiger partial charge in [0.15, 0.2) is 0 Å². The van der Waals surface area contributed by atoms with Crippen molar-refractivity contribution in [2.75, 3.05) is 13.2 Å². The molecule has 0 atom stereocenters. The first-order chi connectivity index (χ1) is 9.34. The van der Waals surface area contributed by atoms with Crippen LogP contribution in [0.2, 0.25) is 0 Å². The minimum Gasteiger partial charge on any atom is -0.284 e. The molecule has 0 aromatic heterocycles. The monoisotopic (exact) mass is 308 g/mol. The van der Waals surface area contributed by atoms with Crippen LogP contribution >= 0.6 is 0 Å². The first-order valence-corrected chi connectivity index (χ1v) is 7.07. The predicted octanol–water partition coefficient (Wildman–Crippen LogP) is 1.59. The van der Waals surface area contributed by atoms with Crippen LogP contribution in [0.5, 0.6) is 0 Å². The molecule has 2 rings (SSSR count). The van der Waals surface area contributed by atoms with E-state index in [-0.39, 0.29) is 19.2 Å². The lowest BCUT2D eigenvalue weighted by molar-refractivity contribution is -0.387. The molecule has 1 aromatic rings. The van der Waals surface area contributed by atoms with Gasteiger partial charge in [0.05, 0.1) is 11.5 Å². The smallest absolute Gasteiger partial charge is 0.284 e. The molecule has 1 aromatic carbocycles. The van der Waals surface area contributed by atoms with E-state index in [2.05, 4.69) is 0 Å². The van der Waals surface area contributed by atoms with E-state index in [4.69, 9.17) is 4.84 Å². The summed E-state index contributed by atoms with van der Waals surface area (Å²) in [7, 11) is -4.40. The lowest BCUT2D eigenvalue weighted by Gasteiger charge is -2.25. The average Bonchev–Trinajstić information content (AvgIpc) is 2.39. The Morgan fingerprint density at radius 2 is 1.95 bits per heavy atom. The Bertz CT molecular complexity index is 643. The maximum Gasteiger partial charge on any atom is 0.306 e. The largest absolute Gasteiger partial charge is 0.306 e. The van der Waals surface area contributed by atoms with Crippen molar-refractivity contribution in [3.8, 4) is 0 Å². The zero-order valence-corrected chi connectivity index (χ0v) is 10.9. The van der Waals surface area contributed by atoms with E-state index in [1.54, 1.807) is 0 Å². The number of hydrogen-bond acceptors (Lipinski definition) is 5. The van der Waals surface area contributed by atoms with Crippen molar-refractivity contribution in [3.05, 3.63) is 33.9 Å². The third kappa shape index (κ3) is 2.62. The van der Waals surface area contributed by atoms with Crippen molar-refractivity contribution in [2.24, 2.45) is 0 Å². The molecule has 0 aliphatic carbocycles. The minimum atomic E-state index is -4.40. The summed E-state index contributed by atoms with van der Waals surface area (Å²) in [5.41, 5.74) is -1.11. The molecule has 20 heavy (non-hydrogen) atoms. The highest BCUT2D eigenvalue weighted by atomic mass is 32.2. The molecule has 0 bridgehead atoms. The molecule has 0 radical (unpaired) electrons. The summed E-state index contributed by atoms with van der Waals surface area (Å²) in [4.78, 5) is 13.4. The van der Waals surface area contributed by atoms with Gasteiger partial charge in [-0.15, -0.1) is 0 Å². The molecule has 1 heterocycles. The molecule has 0 N–H and O–H groups in total. The standard InChI is InChI=1S/C10H10F2N2O5S/c11-7-5-8(12)10(6-9(7)14(15)16)20(17,18)13-3-1-2-4-19-13/h5-6H,1-4H2. The molecule has 1 aliphatic heterocycles. The second-order valence-corrected chi connectivity index (χ2v) is 5.86. The van der Waals surface area contributed by atoms with Crippen molar-refractivity contribution in [1.29, 1.82) is 0 Å². The first-order valence-electron chi connectivity index (χ1n) is 5.63. The summed E-state index contributed by atoms with van der Waals surface area (Å²) in [6.45, 7) is 0.150. The highest BCUT2D eigenvalue weighted by molar-refractivity contribution is 7.89. The number of hydrogen-bond donors (Lipinski definition) is 0. The van der Waals surface area contributed by atoms with Gasteiger partial charge in [-0.25, -0.2) is 12.8 Å². The first kappa shape index (κ1) is 14.8. The number of hydroxylamine groups is 1. The zero-order chi connectivity index (χ0) is 14.9. The Morgan fingerprint density at radius 3 is 2.50 bits per heavy atom. The van der Waals surface area contributed by atoms with Crippen LogP contribution in [0.25, 0.3) is 0 Å². The van der Waals surface area contributed by atoms with E-state index < -0.39 is 37.2 Å². The molecule has 0 saturated carbocycles. The molecule has 0 amide bonds. The highest BCUT2D eigenvalue weighted by Crippen LogP contribution is 2.28. The molecule has 1 fully saturated rings. The third-order valence-electron chi connectivity index (χ3n) is 2.71. The van der Waals surface area contributed by atoms with E-state index in [1.165, 1.54) is 0 Å². The lowest BCUT2D eigenvalue weighted by Crippen LogP contribution is -2.36. The maximum atomic E-state index is 13.6. The Labute approximate surface area is 112 Å². The summed E-state index contributed by atoms with van der Waals surface area (Å²) in [5, 5.41) is 10.6. The van der Waals surface area contributed by atoms with E-state index in [1.807, 2.05) is 0 Å². The summed E-state index contributed by atoms with van der Waals surface area (Å²) in [6.07, 6.45) is 1.17. The normalized spacial score (nSPS) is 17.1. The van der Waals surface area contributed by atoms with Gasteiger partial charge in [0, 0.05) is 18.7 Å². The lowest BCUT2D eigenvalue weighted by atomic mass is 10.3. The fourth-order valence-corrected chi connectivity index (χ4v) is 3.10. The van der Waals surface area contributed by atoms with Gasteiger partial charge >= 0.3 is 5.69 Å². The average molecular weight is 308 g/mol. The number of benzene rings is 1. The van der Waals surface area contributed by atoms with E-state index in [0.29, 0.717) is 23.4 Å². The molecule has 0 spiro atoms. The fourth-order valence-electron chi connectivity index (χ4n) is 1.73. The Balaban J connectivity index is 2.50. The van der Waals surface area contributed by atoms with Crippen LogP contribution in [-0.4, -0.2) is 31.0 Å². The molecule has 10 heteroatoms. The van der Waals surface area contributed by atoms with Crippen LogP contribution in [0.15, 0.2) is 17.0 Å². The van der Waals surface area contributed by atoms with Gasteiger partial charge in [-0.1, -0.05) is 4.47 Å². The Kier molecular flexibility index (Phi) is 3.97. The number of rotatable bonds is 3. The molecule has 7 nitrogen and oxygen atoms in total. The van der Waals surface area contributed by atoms with E-state index in [0.717, 1.165) is 0 Å². The van der Waals surface area contributed by atoms with Crippen molar-refractivity contribution in [1.82, 2.24) is 4.47 Å². The van der Waals surface area contributed by atoms with Crippen molar-refractivity contribution >= 4 is 15.7 Å². The summed E-state index contributed by atoms with van der Waals surface area (Å²) >= 11 is 0. The summed E-state index contributed by atoms with van der Waals surface area (Å²) in [5.74, 6) is -2.84. The number of sulfonamides is 1. The van der Waals surface area contributed by atoms with Gasteiger partial charge in [-0.2, -0.15) is 4.39 Å². The van der Waals surface area contributed by atoms with Gasteiger partial charge in [-0.3, -0.25) is 15.0 Å². The molecule has 1 aliphatic rings. The van der Waals surface area contributed by atoms with Gasteiger partial charge in [0.25, 0.3) is 10.0 Å². The highest BCUT2D eigenvalue weighted by Gasteiger charge is 2.33. The number of nitro groups is 1. The summed E-state index contributed by atoms with van der Waals surface area (Å²) < 4.78 is 51.6. The number of nitrogens with zero attached hydrogens (tertiary/aromatic N) is 2. The van der Waals surface area contributed by atoms with Gasteiger partial charge in [0.2, 0.25) is 5.82 Å². The Morgan fingerprint density at radius 1 is 1.25 bits per heavy atom. The van der Waals surface area contributed by atoms with Crippen LogP contribution in [-0.2, 0) is 14.9 Å². The van der Waals surface area contributed by atoms with Crippen molar-refractivity contribution in [3.63, 3.8) is 0 Å². The second kappa shape index (κ2) is 5.38. The van der Waals surface area contributed by atoms with Crippen LogP contribution in [0.3, 0.4) is 0 Å². The molecular formula is C10H10F2N2O5S. The molecular weight excluding hydrogens is 298 g/mol. The molecule has 110 valence electrons. The number of nitro benzene ring substituents is 1. The number of halogens is 2. The maximum absolute atomic E-state index is 13.6. The van der Waals surface area contributed by atoms with Gasteiger partial charge < -0.3 is 0 Å². The van der Waals surface area contributed by atoms with Crippen LogP contribution < -0.4 is 0 Å². The SMILES string of the molecule is O=[N+]([O-])c1cc(S(=O)(=O)N2CCCCO2)c(F)cc1F. The van der Waals surface area contributed by atoms with E-state index in [9.17, 15) is 27.3 Å². The van der Waals surface area contributed by atoms with Gasteiger partial charge in [0.1, 0.15) is 10.7 Å². The van der Waals surface area contributed by atoms with Crippen LogP contribution in [0.1, 0.15) is 12.8 Å². The van der Waals surface area contributed by atoms with E-state index >= 15 is 0 Å². The third-order valence-corrected chi connectivity index (χ3v) is 4.41. The van der Waals surface area contributed by atoms with Crippen molar-refractivity contribution < 1.29 is 27.0 Å². The topological polar surface area (TPSA) is 89.8 Å². The second-order valence-electron chi connectivity index (χ2n) is 4.06. The Hall–Kier alpha value is -1.65. The van der Waals surface area contributed by atoms with Gasteiger partial charge in [-0.05, 0) is 12.8 Å². The van der Waals surface area contributed by atoms with Crippen molar-refractivity contribution in [2.45, 2.75) is 17.7 Å². The molecule has 0 unspecified atom stereocenters. The fraction of sp³-hybridized carbons (Fsp3) is 0.400. The summed E-state index contributed by atoms with van der Waals surface area (Å²) in [6, 6.07) is 0.535. The minimum absolute atomic E-state index is 0.00689. The molecule has 1 saturated heterocycles.